The summed E-state index contributed by atoms with van der Waals surface area (Å²) in [6.07, 6.45) is -8.08. The highest BCUT2D eigenvalue weighted by molar-refractivity contribution is 6.19. The molecule has 4 nitrogen and oxygen atoms in total. The number of alkyl halides is 4. The zero-order valence-electron chi connectivity index (χ0n) is 15.7. The van der Waals surface area contributed by atoms with Crippen LogP contribution in [0.5, 0.6) is 0 Å². The zero-order chi connectivity index (χ0) is 23.0. The van der Waals surface area contributed by atoms with Gasteiger partial charge in [-0.2, -0.15) is 10.1 Å². The topological polar surface area (TPSA) is 49.7 Å². The van der Waals surface area contributed by atoms with Gasteiger partial charge in [0.1, 0.15) is 11.5 Å². The molecule has 2 aromatic rings. The van der Waals surface area contributed by atoms with Crippen LogP contribution < -0.4 is 5.01 Å². The van der Waals surface area contributed by atoms with E-state index in [0.717, 1.165) is 6.92 Å². The molecule has 164 valence electrons. The zero-order valence-corrected chi connectivity index (χ0v) is 15.7. The monoisotopic (exact) mass is 446 g/mol. The molecular weight excluding hydrogens is 433 g/mol. The van der Waals surface area contributed by atoms with Gasteiger partial charge in [0.2, 0.25) is 11.7 Å². The first-order valence-corrected chi connectivity index (χ1v) is 8.80. The first-order valence-electron chi connectivity index (χ1n) is 8.80. The number of hydrogen-bond donors (Lipinski definition) is 0. The summed E-state index contributed by atoms with van der Waals surface area (Å²) in [4.78, 5) is 24.4. The van der Waals surface area contributed by atoms with Gasteiger partial charge in [0.25, 0.3) is 12.9 Å². The van der Waals surface area contributed by atoms with E-state index in [1.165, 1.54) is 24.3 Å². The number of benzene rings is 2. The van der Waals surface area contributed by atoms with E-state index in [-0.39, 0.29) is 10.6 Å². The Bertz CT molecular complexity index is 1070. The van der Waals surface area contributed by atoms with E-state index < -0.39 is 76.9 Å². The van der Waals surface area contributed by atoms with Gasteiger partial charge in [-0.1, -0.05) is 30.3 Å². The molecule has 1 unspecified atom stereocenters. The molecule has 0 radical (unpaired) electrons. The van der Waals surface area contributed by atoms with E-state index in [0.29, 0.717) is 0 Å². The van der Waals surface area contributed by atoms with Gasteiger partial charge in [-0.05, 0) is 12.5 Å². The Balaban J connectivity index is 2.26. The van der Waals surface area contributed by atoms with E-state index in [1.807, 2.05) is 0 Å². The van der Waals surface area contributed by atoms with Crippen molar-refractivity contribution in [3.05, 3.63) is 64.5 Å². The normalized spacial score (nSPS) is 16.8. The molecule has 1 atom stereocenters. The maximum absolute atomic E-state index is 14.7. The molecule has 2 aromatic carbocycles. The molecule has 0 N–H and O–H groups in total. The van der Waals surface area contributed by atoms with Crippen LogP contribution in [-0.2, 0) is 9.59 Å². The summed E-state index contributed by atoms with van der Waals surface area (Å²) in [5, 5.41) is 3.75. The maximum Gasteiger partial charge on any atom is 0.296 e. The first kappa shape index (κ1) is 22.4. The number of amides is 1. The second-order valence-electron chi connectivity index (χ2n) is 6.65. The first-order chi connectivity index (χ1) is 14.6. The number of carbonyl (C=O) groups excluding carboxylic acids is 2. The molecule has 11 heteroatoms. The van der Waals surface area contributed by atoms with Gasteiger partial charge < -0.3 is 0 Å². The molecule has 0 bridgehead atoms. The summed E-state index contributed by atoms with van der Waals surface area (Å²) in [7, 11) is 0. The largest absolute Gasteiger partial charge is 0.296 e. The molecule has 0 spiro atoms. The van der Waals surface area contributed by atoms with Crippen molar-refractivity contribution in [2.45, 2.75) is 26.2 Å². The van der Waals surface area contributed by atoms with E-state index in [2.05, 4.69) is 5.10 Å². The van der Waals surface area contributed by atoms with Crippen molar-refractivity contribution in [2.75, 3.05) is 5.01 Å². The summed E-state index contributed by atoms with van der Waals surface area (Å²) in [5.41, 5.74) is -4.45. The predicted octanol–water partition coefficient (Wildman–Crippen LogP) is 4.94. The van der Waals surface area contributed by atoms with E-state index in [4.69, 9.17) is 0 Å². The SMILES string of the molecule is Cc1c(F)c(C(F)F)c(F)c(N2N=C(c3ccccc3)C(C(=O)C(F)F)CC2=O)c1F. The molecule has 1 heterocycles. The molecular formula is C20H13F7N2O2. The maximum atomic E-state index is 14.7. The lowest BCUT2D eigenvalue weighted by atomic mass is 9.88. The van der Waals surface area contributed by atoms with Crippen molar-refractivity contribution in [3.63, 3.8) is 0 Å². The number of ketones is 1. The lowest BCUT2D eigenvalue weighted by molar-refractivity contribution is -0.134. The molecule has 0 aliphatic carbocycles. The predicted molar refractivity (Wildman–Crippen MR) is 95.6 cm³/mol. The average molecular weight is 446 g/mol. The van der Waals surface area contributed by atoms with E-state index in [9.17, 15) is 40.3 Å². The second kappa shape index (κ2) is 8.48. The number of rotatable bonds is 5. The Morgan fingerprint density at radius 3 is 2.19 bits per heavy atom. The van der Waals surface area contributed by atoms with E-state index >= 15 is 0 Å². The molecule has 31 heavy (non-hydrogen) atoms. The van der Waals surface area contributed by atoms with Crippen LogP contribution in [0.4, 0.5) is 36.4 Å². The van der Waals surface area contributed by atoms with Gasteiger partial charge in [-0.15, -0.1) is 0 Å². The van der Waals surface area contributed by atoms with Crippen LogP contribution in [0, 0.1) is 30.3 Å². The molecule has 1 aliphatic rings. The highest BCUT2D eigenvalue weighted by atomic mass is 19.3. The molecule has 0 fully saturated rings. The van der Waals surface area contributed by atoms with Gasteiger partial charge in [0.05, 0.1) is 17.2 Å². The average Bonchev–Trinajstić information content (AvgIpc) is 2.73. The number of halogens is 7. The van der Waals surface area contributed by atoms with Crippen molar-refractivity contribution in [1.29, 1.82) is 0 Å². The minimum atomic E-state index is -3.68. The summed E-state index contributed by atoms with van der Waals surface area (Å²) in [6, 6.07) is 7.18. The minimum Gasteiger partial charge on any atom is -0.293 e. The summed E-state index contributed by atoms with van der Waals surface area (Å²) in [5.74, 6) is -10.2. The molecule has 0 aromatic heterocycles. The number of carbonyl (C=O) groups is 2. The van der Waals surface area contributed by atoms with Crippen molar-refractivity contribution >= 4 is 23.1 Å². The highest BCUT2D eigenvalue weighted by Crippen LogP contribution is 2.38. The minimum absolute atomic E-state index is 0.0700. The van der Waals surface area contributed by atoms with Crippen LogP contribution >= 0.6 is 0 Å². The fourth-order valence-corrected chi connectivity index (χ4v) is 3.19. The Kier molecular flexibility index (Phi) is 6.14. The third kappa shape index (κ3) is 3.91. The smallest absolute Gasteiger partial charge is 0.293 e. The summed E-state index contributed by atoms with van der Waals surface area (Å²) in [6.45, 7) is 0.763. The van der Waals surface area contributed by atoms with Crippen molar-refractivity contribution < 1.29 is 40.3 Å². The molecule has 3 rings (SSSR count). The fraction of sp³-hybridized carbons (Fsp3) is 0.250. The van der Waals surface area contributed by atoms with Gasteiger partial charge in [0, 0.05) is 12.0 Å². The van der Waals surface area contributed by atoms with Crippen LogP contribution in [-0.4, -0.2) is 23.8 Å². The van der Waals surface area contributed by atoms with Gasteiger partial charge in [-0.3, -0.25) is 9.59 Å². The van der Waals surface area contributed by atoms with Crippen LogP contribution in [0.1, 0.15) is 29.5 Å². The van der Waals surface area contributed by atoms with Crippen molar-refractivity contribution in [2.24, 2.45) is 11.0 Å². The molecule has 1 aliphatic heterocycles. The quantitative estimate of drug-likeness (QED) is 0.611. The Morgan fingerprint density at radius 2 is 1.65 bits per heavy atom. The Hall–Kier alpha value is -3.24. The van der Waals surface area contributed by atoms with Gasteiger partial charge >= 0.3 is 0 Å². The van der Waals surface area contributed by atoms with Crippen molar-refractivity contribution in [1.82, 2.24) is 0 Å². The number of Topliss-reactive ketones (excluding diaryl/α,β-unsaturated/α-hetero) is 1. The standard InChI is InChI=1S/C20H13F7N2O2/c1-8-13(21)12(19(24)25)15(23)17(14(8)22)29-11(30)7-10(18(31)20(26)27)16(28-29)9-5-3-2-4-6-9/h2-6,10,19-20H,7H2,1H3. The summed E-state index contributed by atoms with van der Waals surface area (Å²) >= 11 is 0. The van der Waals surface area contributed by atoms with Crippen LogP contribution in [0.2, 0.25) is 0 Å². The molecule has 1 amide bonds. The Labute approximate surface area is 171 Å². The highest BCUT2D eigenvalue weighted by Gasteiger charge is 2.41. The van der Waals surface area contributed by atoms with Crippen LogP contribution in [0.25, 0.3) is 0 Å². The van der Waals surface area contributed by atoms with Crippen molar-refractivity contribution in [3.8, 4) is 0 Å². The fourth-order valence-electron chi connectivity index (χ4n) is 3.19. The van der Waals surface area contributed by atoms with Gasteiger partial charge in [-0.25, -0.2) is 30.7 Å². The molecule has 0 saturated carbocycles. The summed E-state index contributed by atoms with van der Waals surface area (Å²) < 4.78 is 95.8. The van der Waals surface area contributed by atoms with E-state index in [1.54, 1.807) is 6.07 Å². The lowest BCUT2D eigenvalue weighted by Crippen LogP contribution is -2.43. The lowest BCUT2D eigenvalue weighted by Gasteiger charge is -2.30. The molecule has 0 saturated heterocycles. The Morgan fingerprint density at radius 1 is 1.03 bits per heavy atom. The third-order valence-corrected chi connectivity index (χ3v) is 4.76. The number of nitrogens with zero attached hydrogens (tertiary/aromatic N) is 2. The van der Waals surface area contributed by atoms with Gasteiger partial charge in [0.15, 0.2) is 11.6 Å². The number of anilines is 1. The number of hydrazone groups is 1. The second-order valence-corrected chi connectivity index (χ2v) is 6.65. The third-order valence-electron chi connectivity index (χ3n) is 4.76. The number of hydrogen-bond acceptors (Lipinski definition) is 3. The van der Waals surface area contributed by atoms with Crippen LogP contribution in [0.3, 0.4) is 0 Å². The van der Waals surface area contributed by atoms with Crippen LogP contribution in [0.15, 0.2) is 35.4 Å².